The Morgan fingerprint density at radius 1 is 1.24 bits per heavy atom. The van der Waals surface area contributed by atoms with E-state index < -0.39 is 0 Å². The van der Waals surface area contributed by atoms with Gasteiger partial charge in [-0.3, -0.25) is 4.79 Å². The van der Waals surface area contributed by atoms with Crippen molar-refractivity contribution in [1.82, 2.24) is 0 Å². The molecular weight excluding hydrogens is 296 g/mol. The molecule has 1 nitrogen and oxygen atoms in total. The van der Waals surface area contributed by atoms with Crippen LogP contribution >= 0.6 is 27.3 Å². The molecule has 1 heterocycles. The zero-order valence-electron chi connectivity index (χ0n) is 10.1. The molecule has 0 spiro atoms. The lowest BCUT2D eigenvalue weighted by atomic mass is 9.93. The third-order valence-electron chi connectivity index (χ3n) is 3.49. The highest BCUT2D eigenvalue weighted by molar-refractivity contribution is 9.11. The van der Waals surface area contributed by atoms with Crippen LogP contribution in [0.1, 0.15) is 49.8 Å². The number of rotatable bonds is 4. The van der Waals surface area contributed by atoms with E-state index >= 15 is 0 Å². The number of hydrogen-bond donors (Lipinski definition) is 0. The lowest BCUT2D eigenvalue weighted by Crippen LogP contribution is -2.09. The minimum absolute atomic E-state index is 0.422. The van der Waals surface area contributed by atoms with Crippen molar-refractivity contribution >= 4 is 33.0 Å². The van der Waals surface area contributed by atoms with Crippen molar-refractivity contribution in [2.24, 2.45) is 5.92 Å². The Kier molecular flexibility index (Phi) is 5.23. The molecule has 0 amide bonds. The fourth-order valence-electron chi connectivity index (χ4n) is 2.60. The molecule has 0 aromatic carbocycles. The maximum absolute atomic E-state index is 12.0. The summed E-state index contributed by atoms with van der Waals surface area (Å²) < 4.78 is 1.12. The van der Waals surface area contributed by atoms with Gasteiger partial charge in [0, 0.05) is 17.7 Å². The molecule has 0 bridgehead atoms. The molecule has 17 heavy (non-hydrogen) atoms. The SMILES string of the molecule is O=C(Cc1ccc(Br)s1)CC1CCCCCC1. The largest absolute Gasteiger partial charge is 0.299 e. The summed E-state index contributed by atoms with van der Waals surface area (Å²) in [5.41, 5.74) is 0. The van der Waals surface area contributed by atoms with Crippen LogP contribution in [0.25, 0.3) is 0 Å². The number of halogens is 1. The maximum Gasteiger partial charge on any atom is 0.138 e. The molecule has 1 saturated carbocycles. The number of Topliss-reactive ketones (excluding diaryl/α,β-unsaturated/α-hetero) is 1. The molecule has 0 unspecified atom stereocenters. The second-order valence-corrected chi connectivity index (χ2v) is 7.53. The summed E-state index contributed by atoms with van der Waals surface area (Å²) >= 11 is 5.12. The number of hydrogen-bond acceptors (Lipinski definition) is 2. The first-order valence-electron chi connectivity index (χ1n) is 6.50. The second kappa shape index (κ2) is 6.69. The first kappa shape index (κ1) is 13.3. The van der Waals surface area contributed by atoms with Crippen molar-refractivity contribution in [2.45, 2.75) is 51.4 Å². The van der Waals surface area contributed by atoms with Gasteiger partial charge in [0.05, 0.1) is 3.79 Å². The van der Waals surface area contributed by atoms with E-state index in [2.05, 4.69) is 22.0 Å². The molecule has 3 heteroatoms. The normalized spacial score (nSPS) is 17.9. The highest BCUT2D eigenvalue weighted by atomic mass is 79.9. The van der Waals surface area contributed by atoms with Crippen LogP contribution in [-0.2, 0) is 11.2 Å². The van der Waals surface area contributed by atoms with Crippen molar-refractivity contribution in [3.63, 3.8) is 0 Å². The molecule has 1 aromatic heterocycles. The average molecular weight is 315 g/mol. The fraction of sp³-hybridized carbons (Fsp3) is 0.643. The zero-order valence-corrected chi connectivity index (χ0v) is 12.5. The van der Waals surface area contributed by atoms with Gasteiger partial charge in [-0.2, -0.15) is 0 Å². The lowest BCUT2D eigenvalue weighted by molar-refractivity contribution is -0.119. The summed E-state index contributed by atoms with van der Waals surface area (Å²) in [6, 6.07) is 4.08. The Bertz CT molecular complexity index is 364. The molecule has 1 fully saturated rings. The minimum atomic E-state index is 0.422. The van der Waals surface area contributed by atoms with Crippen LogP contribution in [-0.4, -0.2) is 5.78 Å². The van der Waals surface area contributed by atoms with E-state index in [1.807, 2.05) is 6.07 Å². The standard InChI is InChI=1S/C14H19BrOS/c15-14-8-7-13(17-14)10-12(16)9-11-5-3-1-2-4-6-11/h7-8,11H,1-6,9-10H2. The van der Waals surface area contributed by atoms with E-state index in [1.165, 1.54) is 43.4 Å². The van der Waals surface area contributed by atoms with Crippen LogP contribution in [0.3, 0.4) is 0 Å². The Morgan fingerprint density at radius 3 is 2.53 bits per heavy atom. The van der Waals surface area contributed by atoms with E-state index in [1.54, 1.807) is 11.3 Å². The second-order valence-electron chi connectivity index (χ2n) is 4.98. The van der Waals surface area contributed by atoms with Gasteiger partial charge in [0.1, 0.15) is 5.78 Å². The molecule has 2 rings (SSSR count). The van der Waals surface area contributed by atoms with Crippen LogP contribution in [0.4, 0.5) is 0 Å². The minimum Gasteiger partial charge on any atom is -0.299 e. The molecule has 0 N–H and O–H groups in total. The van der Waals surface area contributed by atoms with E-state index in [0.29, 0.717) is 18.1 Å². The molecule has 1 aliphatic carbocycles. The van der Waals surface area contributed by atoms with Crippen molar-refractivity contribution < 1.29 is 4.79 Å². The van der Waals surface area contributed by atoms with Crippen LogP contribution in [0.2, 0.25) is 0 Å². The quantitative estimate of drug-likeness (QED) is 0.716. The maximum atomic E-state index is 12.0. The van der Waals surface area contributed by atoms with Gasteiger partial charge in [-0.25, -0.2) is 0 Å². The van der Waals surface area contributed by atoms with Crippen LogP contribution in [0.15, 0.2) is 15.9 Å². The fourth-order valence-corrected chi connectivity index (χ4v) is 4.11. The molecule has 0 radical (unpaired) electrons. The first-order valence-corrected chi connectivity index (χ1v) is 8.11. The van der Waals surface area contributed by atoms with Gasteiger partial charge in [0.25, 0.3) is 0 Å². The average Bonchev–Trinajstić information content (AvgIpc) is 2.53. The van der Waals surface area contributed by atoms with Crippen molar-refractivity contribution in [2.75, 3.05) is 0 Å². The van der Waals surface area contributed by atoms with Crippen molar-refractivity contribution in [1.29, 1.82) is 0 Å². The number of carbonyl (C=O) groups is 1. The molecule has 1 aliphatic rings. The monoisotopic (exact) mass is 314 g/mol. The molecular formula is C14H19BrOS. The third-order valence-corrected chi connectivity index (χ3v) is 5.11. The molecule has 1 aromatic rings. The summed E-state index contributed by atoms with van der Waals surface area (Å²) in [6.07, 6.45) is 9.33. The van der Waals surface area contributed by atoms with Crippen LogP contribution < -0.4 is 0 Å². The van der Waals surface area contributed by atoms with Crippen molar-refractivity contribution in [3.05, 3.63) is 20.8 Å². The summed E-state index contributed by atoms with van der Waals surface area (Å²) in [5, 5.41) is 0. The Morgan fingerprint density at radius 2 is 1.94 bits per heavy atom. The molecule has 0 aliphatic heterocycles. The van der Waals surface area contributed by atoms with Gasteiger partial charge >= 0.3 is 0 Å². The number of carbonyl (C=O) groups excluding carboxylic acids is 1. The smallest absolute Gasteiger partial charge is 0.138 e. The summed E-state index contributed by atoms with van der Waals surface area (Å²) in [6.45, 7) is 0. The Labute approximate surface area is 116 Å². The van der Waals surface area contributed by atoms with Crippen molar-refractivity contribution in [3.8, 4) is 0 Å². The van der Waals surface area contributed by atoms with Gasteiger partial charge < -0.3 is 0 Å². The predicted molar refractivity (Wildman–Crippen MR) is 76.5 cm³/mol. The molecule has 0 saturated heterocycles. The number of thiophene rings is 1. The summed E-state index contributed by atoms with van der Waals surface area (Å²) in [7, 11) is 0. The molecule has 94 valence electrons. The highest BCUT2D eigenvalue weighted by Gasteiger charge is 2.16. The van der Waals surface area contributed by atoms with E-state index in [-0.39, 0.29) is 0 Å². The van der Waals surface area contributed by atoms with E-state index in [4.69, 9.17) is 0 Å². The van der Waals surface area contributed by atoms with Crippen LogP contribution in [0.5, 0.6) is 0 Å². The van der Waals surface area contributed by atoms with Gasteiger partial charge in [-0.1, -0.05) is 38.5 Å². The first-order chi connectivity index (χ1) is 8.24. The van der Waals surface area contributed by atoms with Gasteiger partial charge in [-0.15, -0.1) is 11.3 Å². The third kappa shape index (κ3) is 4.55. The Hall–Kier alpha value is -0.150. The summed E-state index contributed by atoms with van der Waals surface area (Å²) in [5.74, 6) is 1.08. The zero-order chi connectivity index (χ0) is 12.1. The lowest BCUT2D eigenvalue weighted by Gasteiger charge is -2.12. The summed E-state index contributed by atoms with van der Waals surface area (Å²) in [4.78, 5) is 13.2. The van der Waals surface area contributed by atoms with Gasteiger partial charge in [0.2, 0.25) is 0 Å². The van der Waals surface area contributed by atoms with Crippen LogP contribution in [0, 0.1) is 5.92 Å². The molecule has 0 atom stereocenters. The van der Waals surface area contributed by atoms with E-state index in [9.17, 15) is 4.79 Å². The predicted octanol–water partition coefficient (Wildman–Crippen LogP) is 4.98. The highest BCUT2D eigenvalue weighted by Crippen LogP contribution is 2.27. The number of ketones is 1. The van der Waals surface area contributed by atoms with Gasteiger partial charge in [-0.05, 0) is 34.0 Å². The Balaban J connectivity index is 1.80. The topological polar surface area (TPSA) is 17.1 Å². The van der Waals surface area contributed by atoms with Gasteiger partial charge in [0.15, 0.2) is 0 Å². The van der Waals surface area contributed by atoms with E-state index in [0.717, 1.165) is 10.2 Å².